The number of benzene rings is 1. The van der Waals surface area contributed by atoms with Crippen LogP contribution in [0.5, 0.6) is 0 Å². The van der Waals surface area contributed by atoms with Gasteiger partial charge in [0.15, 0.2) is 5.78 Å². The molecule has 0 atom stereocenters. The molecule has 0 saturated heterocycles. The molecule has 6 heteroatoms. The number of Topliss-reactive ketones (excluding diaryl/α,β-unsaturated/α-hetero) is 1. The normalized spacial score (nSPS) is 11.6. The molecule has 0 unspecified atom stereocenters. The van der Waals surface area contributed by atoms with Gasteiger partial charge in [-0.1, -0.05) is 11.6 Å². The standard InChI is InChI=1S/C9H5ClF3IO/c1-4(15)5-2-3-6(14)7(8(5)10)9(11,12)13/h2-3H,1H3. The van der Waals surface area contributed by atoms with Gasteiger partial charge in [-0.3, -0.25) is 4.79 Å². The molecule has 82 valence electrons. The van der Waals surface area contributed by atoms with E-state index in [0.29, 0.717) is 0 Å². The van der Waals surface area contributed by atoms with Gasteiger partial charge in [-0.05, 0) is 41.6 Å². The molecule has 0 bridgehead atoms. The predicted molar refractivity (Wildman–Crippen MR) is 59.2 cm³/mol. The fraction of sp³-hybridized carbons (Fsp3) is 0.222. The van der Waals surface area contributed by atoms with Crippen LogP contribution < -0.4 is 0 Å². The van der Waals surface area contributed by atoms with E-state index in [1.54, 1.807) is 0 Å². The van der Waals surface area contributed by atoms with Crippen LogP contribution in [0.25, 0.3) is 0 Å². The minimum absolute atomic E-state index is 0.0184. The quantitative estimate of drug-likeness (QED) is 0.550. The van der Waals surface area contributed by atoms with Gasteiger partial charge < -0.3 is 0 Å². The summed E-state index contributed by atoms with van der Waals surface area (Å²) in [6, 6.07) is 2.52. The van der Waals surface area contributed by atoms with Crippen molar-refractivity contribution < 1.29 is 18.0 Å². The summed E-state index contributed by atoms with van der Waals surface area (Å²) in [4.78, 5) is 11.0. The molecular weight excluding hydrogens is 343 g/mol. The van der Waals surface area contributed by atoms with Gasteiger partial charge in [-0.15, -0.1) is 0 Å². The van der Waals surface area contributed by atoms with Crippen molar-refractivity contribution in [3.05, 3.63) is 31.9 Å². The van der Waals surface area contributed by atoms with Crippen molar-refractivity contribution in [1.29, 1.82) is 0 Å². The molecule has 0 spiro atoms. The van der Waals surface area contributed by atoms with Crippen LogP contribution in [0.15, 0.2) is 12.1 Å². The third kappa shape index (κ3) is 2.63. The van der Waals surface area contributed by atoms with Gasteiger partial charge in [-0.25, -0.2) is 0 Å². The fourth-order valence-corrected chi connectivity index (χ4v) is 2.40. The van der Waals surface area contributed by atoms with E-state index in [1.807, 2.05) is 0 Å². The molecule has 0 aliphatic rings. The third-order valence-electron chi connectivity index (χ3n) is 1.75. The number of hydrogen-bond acceptors (Lipinski definition) is 1. The molecule has 1 aromatic carbocycles. The fourth-order valence-electron chi connectivity index (χ4n) is 1.08. The number of ketones is 1. The molecule has 1 rings (SSSR count). The topological polar surface area (TPSA) is 17.1 Å². The molecule has 0 amide bonds. The first-order valence-corrected chi connectivity index (χ1v) is 5.27. The van der Waals surface area contributed by atoms with Crippen LogP contribution in [-0.4, -0.2) is 5.78 Å². The number of carbonyl (C=O) groups excluding carboxylic acids is 1. The lowest BCUT2D eigenvalue weighted by molar-refractivity contribution is -0.138. The first kappa shape index (κ1) is 12.8. The maximum Gasteiger partial charge on any atom is 0.418 e. The van der Waals surface area contributed by atoms with Crippen LogP contribution in [0.2, 0.25) is 5.02 Å². The van der Waals surface area contributed by atoms with Crippen LogP contribution in [0, 0.1) is 3.57 Å². The maximum atomic E-state index is 12.6. The SMILES string of the molecule is CC(=O)c1ccc(I)c(C(F)(F)F)c1Cl. The van der Waals surface area contributed by atoms with Crippen LogP contribution in [-0.2, 0) is 6.18 Å². The maximum absolute atomic E-state index is 12.6. The number of halogens is 5. The Kier molecular flexibility index (Phi) is 3.65. The Bertz CT molecular complexity index is 415. The summed E-state index contributed by atoms with van der Waals surface area (Å²) >= 11 is 7.08. The van der Waals surface area contributed by atoms with E-state index in [4.69, 9.17) is 11.6 Å². The number of rotatable bonds is 1. The zero-order valence-corrected chi connectivity index (χ0v) is 10.4. The van der Waals surface area contributed by atoms with Crippen molar-refractivity contribution in [3.63, 3.8) is 0 Å². The molecule has 0 fully saturated rings. The lowest BCUT2D eigenvalue weighted by Crippen LogP contribution is -2.11. The van der Waals surface area contributed by atoms with Crippen molar-refractivity contribution in [1.82, 2.24) is 0 Å². The summed E-state index contributed by atoms with van der Waals surface area (Å²) in [5, 5.41) is -0.526. The van der Waals surface area contributed by atoms with E-state index in [9.17, 15) is 18.0 Å². The van der Waals surface area contributed by atoms with Gasteiger partial charge in [0.25, 0.3) is 0 Å². The highest BCUT2D eigenvalue weighted by Crippen LogP contribution is 2.39. The summed E-state index contributed by atoms with van der Waals surface area (Å²) in [6.45, 7) is 1.17. The van der Waals surface area contributed by atoms with Crippen molar-refractivity contribution in [2.75, 3.05) is 0 Å². The molecule has 0 aliphatic carbocycles. The lowest BCUT2D eigenvalue weighted by atomic mass is 10.1. The van der Waals surface area contributed by atoms with Gasteiger partial charge in [0.1, 0.15) is 0 Å². The molecule has 1 aromatic rings. The molecule has 0 N–H and O–H groups in total. The molecule has 0 radical (unpaired) electrons. The predicted octanol–water partition coefficient (Wildman–Crippen LogP) is 4.17. The summed E-state index contributed by atoms with van der Waals surface area (Å²) in [6.07, 6.45) is -4.54. The highest BCUT2D eigenvalue weighted by Gasteiger charge is 2.36. The highest BCUT2D eigenvalue weighted by molar-refractivity contribution is 14.1. The van der Waals surface area contributed by atoms with E-state index in [1.165, 1.54) is 41.6 Å². The molecule has 0 heterocycles. The smallest absolute Gasteiger partial charge is 0.294 e. The number of hydrogen-bond donors (Lipinski definition) is 0. The molecule has 1 nitrogen and oxygen atoms in total. The average Bonchev–Trinajstić information content (AvgIpc) is 2.00. The lowest BCUT2D eigenvalue weighted by Gasteiger charge is -2.13. The second-order valence-electron chi connectivity index (χ2n) is 2.84. The third-order valence-corrected chi connectivity index (χ3v) is 3.05. The average molecular weight is 348 g/mol. The molecule has 0 aromatic heterocycles. The first-order valence-electron chi connectivity index (χ1n) is 3.81. The molecule has 0 aliphatic heterocycles. The van der Waals surface area contributed by atoms with Gasteiger partial charge in [0.05, 0.1) is 10.6 Å². The van der Waals surface area contributed by atoms with Crippen LogP contribution in [0.1, 0.15) is 22.8 Å². The zero-order valence-electron chi connectivity index (χ0n) is 7.45. The van der Waals surface area contributed by atoms with Crippen LogP contribution in [0.4, 0.5) is 13.2 Å². The minimum atomic E-state index is -4.54. The van der Waals surface area contributed by atoms with Crippen molar-refractivity contribution in [3.8, 4) is 0 Å². The van der Waals surface area contributed by atoms with Crippen LogP contribution in [0.3, 0.4) is 0 Å². The second kappa shape index (κ2) is 4.29. The Morgan fingerprint density at radius 3 is 2.33 bits per heavy atom. The Hall–Kier alpha value is -0.300. The summed E-state index contributed by atoms with van der Waals surface area (Å²) in [7, 11) is 0. The summed E-state index contributed by atoms with van der Waals surface area (Å²) in [5.41, 5.74) is -1.05. The molecular formula is C9H5ClF3IO. The van der Waals surface area contributed by atoms with Crippen molar-refractivity contribution >= 4 is 40.0 Å². The molecule has 0 saturated carbocycles. The van der Waals surface area contributed by atoms with Gasteiger partial charge in [-0.2, -0.15) is 13.2 Å². The van der Waals surface area contributed by atoms with Gasteiger partial charge >= 0.3 is 6.18 Å². The Labute approximate surface area is 103 Å². The summed E-state index contributed by atoms with van der Waals surface area (Å²) < 4.78 is 37.6. The van der Waals surface area contributed by atoms with Gasteiger partial charge in [0, 0.05) is 9.13 Å². The monoisotopic (exact) mass is 348 g/mol. The minimum Gasteiger partial charge on any atom is -0.294 e. The number of carbonyl (C=O) groups is 1. The first-order chi connectivity index (χ1) is 6.75. The van der Waals surface area contributed by atoms with Crippen molar-refractivity contribution in [2.45, 2.75) is 13.1 Å². The largest absolute Gasteiger partial charge is 0.418 e. The zero-order chi connectivity index (χ0) is 11.8. The second-order valence-corrected chi connectivity index (χ2v) is 4.38. The summed E-state index contributed by atoms with van der Waals surface area (Å²) in [5.74, 6) is -0.484. The van der Waals surface area contributed by atoms with E-state index >= 15 is 0 Å². The Balaban J connectivity index is 3.51. The van der Waals surface area contributed by atoms with E-state index < -0.39 is 22.5 Å². The van der Waals surface area contributed by atoms with E-state index in [2.05, 4.69) is 0 Å². The Morgan fingerprint density at radius 2 is 1.93 bits per heavy atom. The highest BCUT2D eigenvalue weighted by atomic mass is 127. The van der Waals surface area contributed by atoms with E-state index in [-0.39, 0.29) is 9.13 Å². The number of alkyl halides is 3. The van der Waals surface area contributed by atoms with E-state index in [0.717, 1.165) is 0 Å². The van der Waals surface area contributed by atoms with Crippen LogP contribution >= 0.6 is 34.2 Å². The Morgan fingerprint density at radius 1 is 1.40 bits per heavy atom. The molecule has 15 heavy (non-hydrogen) atoms. The van der Waals surface area contributed by atoms with Gasteiger partial charge in [0.2, 0.25) is 0 Å². The van der Waals surface area contributed by atoms with Crippen molar-refractivity contribution in [2.24, 2.45) is 0 Å².